The minimum absolute atomic E-state index is 0.00222. The van der Waals surface area contributed by atoms with Gasteiger partial charge < -0.3 is 20.3 Å². The van der Waals surface area contributed by atoms with Gasteiger partial charge >= 0.3 is 12.3 Å². The highest BCUT2D eigenvalue weighted by Gasteiger charge is 2.34. The number of carbonyl (C=O) groups excluding carboxylic acids is 1. The van der Waals surface area contributed by atoms with E-state index in [1.54, 1.807) is 34.9 Å². The summed E-state index contributed by atoms with van der Waals surface area (Å²) in [5.74, 6) is 0.146. The van der Waals surface area contributed by atoms with Gasteiger partial charge in [0.1, 0.15) is 11.4 Å². The van der Waals surface area contributed by atoms with Crippen LogP contribution >= 0.6 is 0 Å². The molecule has 0 aliphatic heterocycles. The van der Waals surface area contributed by atoms with E-state index in [2.05, 4.69) is 20.6 Å². The van der Waals surface area contributed by atoms with Gasteiger partial charge in [0.15, 0.2) is 5.69 Å². The van der Waals surface area contributed by atoms with Crippen LogP contribution in [0.1, 0.15) is 52.1 Å². The lowest BCUT2D eigenvalue weighted by molar-refractivity contribution is -0.141. The minimum atomic E-state index is -4.54. The van der Waals surface area contributed by atoms with Gasteiger partial charge in [-0.15, -0.1) is 0 Å². The highest BCUT2D eigenvalue weighted by molar-refractivity contribution is 5.68. The lowest BCUT2D eigenvalue weighted by Crippen LogP contribution is -2.42. The Hall–Kier alpha value is -2.26. The molecule has 0 spiro atoms. The summed E-state index contributed by atoms with van der Waals surface area (Å²) in [6, 6.07) is 0.891. The maximum Gasteiger partial charge on any atom is 0.433 e. The number of halogens is 3. The van der Waals surface area contributed by atoms with Crippen molar-refractivity contribution in [2.75, 3.05) is 24.3 Å². The fraction of sp³-hybridized carbons (Fsp3) is 0.722. The first-order chi connectivity index (χ1) is 12.8. The van der Waals surface area contributed by atoms with E-state index in [-0.39, 0.29) is 23.8 Å². The molecule has 2 rings (SSSR count). The van der Waals surface area contributed by atoms with Crippen molar-refractivity contribution >= 4 is 17.9 Å². The molecule has 1 aromatic heterocycles. The van der Waals surface area contributed by atoms with Gasteiger partial charge in [0.2, 0.25) is 5.95 Å². The molecule has 1 aliphatic rings. The van der Waals surface area contributed by atoms with Crippen molar-refractivity contribution in [3.63, 3.8) is 0 Å². The number of alkyl carbamates (subject to hydrolysis) is 1. The zero-order valence-electron chi connectivity index (χ0n) is 16.9. The van der Waals surface area contributed by atoms with E-state index < -0.39 is 23.6 Å². The van der Waals surface area contributed by atoms with Gasteiger partial charge in [-0.25, -0.2) is 9.78 Å². The van der Waals surface area contributed by atoms with E-state index in [1.807, 2.05) is 0 Å². The molecule has 10 heteroatoms. The second-order valence-corrected chi connectivity index (χ2v) is 8.17. The zero-order valence-corrected chi connectivity index (χ0v) is 16.9. The van der Waals surface area contributed by atoms with Crippen molar-refractivity contribution in [1.29, 1.82) is 0 Å². The molecule has 2 N–H and O–H groups in total. The molecule has 7 nitrogen and oxygen atoms in total. The molecule has 0 radical (unpaired) electrons. The number of nitrogens with one attached hydrogen (secondary N) is 2. The summed E-state index contributed by atoms with van der Waals surface area (Å²) in [5, 5.41) is 5.92. The number of nitrogens with zero attached hydrogens (tertiary/aromatic N) is 3. The van der Waals surface area contributed by atoms with Crippen molar-refractivity contribution in [3.8, 4) is 0 Å². The molecule has 1 saturated carbocycles. The van der Waals surface area contributed by atoms with Gasteiger partial charge in [-0.2, -0.15) is 18.2 Å². The number of hydrogen-bond acceptors (Lipinski definition) is 6. The van der Waals surface area contributed by atoms with Crippen molar-refractivity contribution in [2.24, 2.45) is 0 Å². The molecule has 28 heavy (non-hydrogen) atoms. The molecule has 1 heterocycles. The first kappa shape index (κ1) is 22.0. The molecule has 0 unspecified atom stereocenters. The smallest absolute Gasteiger partial charge is 0.433 e. The molecule has 1 aliphatic carbocycles. The van der Waals surface area contributed by atoms with Gasteiger partial charge in [0.05, 0.1) is 0 Å². The molecule has 1 amide bonds. The number of amides is 1. The summed E-state index contributed by atoms with van der Waals surface area (Å²) >= 11 is 0. The Bertz CT molecular complexity index is 681. The molecule has 0 aromatic carbocycles. The van der Waals surface area contributed by atoms with Gasteiger partial charge in [0.25, 0.3) is 0 Å². The molecule has 158 valence electrons. The predicted molar refractivity (Wildman–Crippen MR) is 100 cm³/mol. The Morgan fingerprint density at radius 1 is 1.11 bits per heavy atom. The highest BCUT2D eigenvalue weighted by Crippen LogP contribution is 2.31. The maximum absolute atomic E-state index is 13.1. The van der Waals surface area contributed by atoms with Crippen LogP contribution in [0, 0.1) is 0 Å². The van der Waals surface area contributed by atoms with E-state index >= 15 is 0 Å². The highest BCUT2D eigenvalue weighted by atomic mass is 19.4. The average molecular weight is 403 g/mol. The monoisotopic (exact) mass is 403 g/mol. The molecule has 0 bridgehead atoms. The number of alkyl halides is 3. The van der Waals surface area contributed by atoms with Gasteiger partial charge in [-0.3, -0.25) is 0 Å². The third-order valence-electron chi connectivity index (χ3n) is 4.20. The molecular weight excluding hydrogens is 375 g/mol. The van der Waals surface area contributed by atoms with Gasteiger partial charge in [-0.05, 0) is 46.5 Å². The second-order valence-electron chi connectivity index (χ2n) is 8.17. The fourth-order valence-corrected chi connectivity index (χ4v) is 2.92. The number of anilines is 2. The van der Waals surface area contributed by atoms with Crippen LogP contribution in [0.25, 0.3) is 0 Å². The standard InChI is InChI=1S/C18H28F3N5O2/c1-17(2,3)28-16(27)23-12-8-6-11(7-9-12)22-14-10-13(18(19,20)21)24-15(25-14)26(4)5/h10-12H,6-9H2,1-5H3,(H,23,27)(H,22,24,25)/t11-,12+. The molecule has 0 saturated heterocycles. The quantitative estimate of drug-likeness (QED) is 0.796. The largest absolute Gasteiger partial charge is 0.444 e. The average Bonchev–Trinajstić information content (AvgIpc) is 2.53. The lowest BCUT2D eigenvalue weighted by Gasteiger charge is -2.31. The van der Waals surface area contributed by atoms with Crippen LogP contribution in [0.2, 0.25) is 0 Å². The third-order valence-corrected chi connectivity index (χ3v) is 4.20. The minimum Gasteiger partial charge on any atom is -0.444 e. The van der Waals surface area contributed by atoms with Crippen LogP contribution in [0.15, 0.2) is 6.07 Å². The van der Waals surface area contributed by atoms with Crippen molar-refractivity contribution in [3.05, 3.63) is 11.8 Å². The van der Waals surface area contributed by atoms with E-state index in [4.69, 9.17) is 4.74 Å². The van der Waals surface area contributed by atoms with Gasteiger partial charge in [0, 0.05) is 32.2 Å². The Balaban J connectivity index is 1.95. The molecule has 0 atom stereocenters. The summed E-state index contributed by atoms with van der Waals surface area (Å²) in [6.07, 6.45) is -2.19. The Kier molecular flexibility index (Phi) is 6.61. The maximum atomic E-state index is 13.1. The topological polar surface area (TPSA) is 79.4 Å². The van der Waals surface area contributed by atoms with E-state index in [9.17, 15) is 18.0 Å². The lowest BCUT2D eigenvalue weighted by atomic mass is 9.91. The summed E-state index contributed by atoms with van der Waals surface area (Å²) in [5.41, 5.74) is -1.54. The van der Waals surface area contributed by atoms with Crippen LogP contribution < -0.4 is 15.5 Å². The van der Waals surface area contributed by atoms with E-state index in [0.717, 1.165) is 6.07 Å². The first-order valence-corrected chi connectivity index (χ1v) is 9.23. The summed E-state index contributed by atoms with van der Waals surface area (Å²) < 4.78 is 44.5. The predicted octanol–water partition coefficient (Wildman–Crippen LogP) is 3.81. The van der Waals surface area contributed by atoms with Crippen LogP contribution in [-0.4, -0.2) is 47.8 Å². The van der Waals surface area contributed by atoms with E-state index in [0.29, 0.717) is 25.7 Å². The fourth-order valence-electron chi connectivity index (χ4n) is 2.92. The zero-order chi connectivity index (χ0) is 21.1. The molecule has 1 fully saturated rings. The third kappa shape index (κ3) is 6.72. The Labute approximate surface area is 163 Å². The number of hydrogen-bond donors (Lipinski definition) is 2. The van der Waals surface area contributed by atoms with Crippen molar-refractivity contribution in [1.82, 2.24) is 15.3 Å². The van der Waals surface area contributed by atoms with Crippen LogP contribution in [0.5, 0.6) is 0 Å². The van der Waals surface area contributed by atoms with Crippen LogP contribution in [0.3, 0.4) is 0 Å². The van der Waals surface area contributed by atoms with E-state index in [1.165, 1.54) is 4.90 Å². The summed E-state index contributed by atoms with van der Waals surface area (Å²) in [7, 11) is 3.18. The SMILES string of the molecule is CN(C)c1nc(N[C@H]2CC[C@@H](NC(=O)OC(C)(C)C)CC2)cc(C(F)(F)F)n1. The molecule has 1 aromatic rings. The Morgan fingerprint density at radius 2 is 1.68 bits per heavy atom. The first-order valence-electron chi connectivity index (χ1n) is 9.23. The Morgan fingerprint density at radius 3 is 2.18 bits per heavy atom. The normalized spacial score (nSPS) is 20.4. The van der Waals surface area contributed by atoms with Crippen LogP contribution in [-0.2, 0) is 10.9 Å². The second kappa shape index (κ2) is 8.40. The van der Waals surface area contributed by atoms with Gasteiger partial charge in [-0.1, -0.05) is 0 Å². The number of aromatic nitrogens is 2. The summed E-state index contributed by atoms with van der Waals surface area (Å²) in [4.78, 5) is 21.0. The summed E-state index contributed by atoms with van der Waals surface area (Å²) in [6.45, 7) is 5.39. The van der Waals surface area contributed by atoms with Crippen molar-refractivity contribution < 1.29 is 22.7 Å². The van der Waals surface area contributed by atoms with Crippen LogP contribution in [0.4, 0.5) is 29.7 Å². The number of rotatable bonds is 4. The molecular formula is C18H28F3N5O2. The number of carbonyl (C=O) groups is 1. The van der Waals surface area contributed by atoms with Crippen molar-refractivity contribution in [2.45, 2.75) is 70.3 Å². The number of ether oxygens (including phenoxy) is 1.